The lowest BCUT2D eigenvalue weighted by Gasteiger charge is -2.27. The number of nitrogens with zero attached hydrogens (tertiary/aromatic N) is 2. The number of hydrazone groups is 1. The minimum atomic E-state index is -3.13. The van der Waals surface area contributed by atoms with Crippen LogP contribution in [-0.2, 0) is 19.4 Å². The summed E-state index contributed by atoms with van der Waals surface area (Å²) >= 11 is 0. The van der Waals surface area contributed by atoms with E-state index in [9.17, 15) is 18.0 Å². The number of hydrogen-bond acceptors (Lipinski definition) is 5. The normalized spacial score (nSPS) is 22.3. The molecule has 26 heavy (non-hydrogen) atoms. The molecule has 2 aliphatic rings. The molecule has 0 aromatic heterocycles. The molecule has 140 valence electrons. The first-order valence-electron chi connectivity index (χ1n) is 8.65. The number of aryl methyl sites for hydroxylation is 3. The number of hydrogen-bond donors (Lipinski definition) is 1. The van der Waals surface area contributed by atoms with E-state index in [1.807, 2.05) is 32.9 Å². The van der Waals surface area contributed by atoms with Gasteiger partial charge in [0.2, 0.25) is 5.91 Å². The van der Waals surface area contributed by atoms with Crippen molar-refractivity contribution in [2.45, 2.75) is 46.1 Å². The van der Waals surface area contributed by atoms with Gasteiger partial charge in [-0.15, -0.1) is 0 Å². The Labute approximate surface area is 153 Å². The molecule has 1 aromatic rings. The number of rotatable bonds is 3. The summed E-state index contributed by atoms with van der Waals surface area (Å²) in [5.74, 6) is -0.613. The molecular weight excluding hydrogens is 354 g/mol. The third-order valence-electron chi connectivity index (χ3n) is 4.79. The van der Waals surface area contributed by atoms with Gasteiger partial charge in [0.25, 0.3) is 5.91 Å². The molecule has 1 aromatic carbocycles. The van der Waals surface area contributed by atoms with Crippen LogP contribution in [-0.4, -0.2) is 48.5 Å². The summed E-state index contributed by atoms with van der Waals surface area (Å²) in [5.41, 5.74) is 4.04. The number of carbonyl (C=O) groups excluding carboxylic acids is 2. The first kappa shape index (κ1) is 18.6. The van der Waals surface area contributed by atoms with Gasteiger partial charge in [-0.3, -0.25) is 9.59 Å². The lowest BCUT2D eigenvalue weighted by Crippen LogP contribution is -2.42. The second-order valence-corrected chi connectivity index (χ2v) is 9.30. The van der Waals surface area contributed by atoms with Gasteiger partial charge in [-0.2, -0.15) is 5.10 Å². The quantitative estimate of drug-likeness (QED) is 0.867. The number of anilines is 1. The molecule has 0 unspecified atom stereocenters. The van der Waals surface area contributed by atoms with Gasteiger partial charge in [-0.05, 0) is 38.3 Å². The van der Waals surface area contributed by atoms with Crippen molar-refractivity contribution < 1.29 is 18.0 Å². The topological polar surface area (TPSA) is 95.9 Å². The maximum Gasteiger partial charge on any atom is 0.271 e. The fourth-order valence-electron chi connectivity index (χ4n) is 3.55. The highest BCUT2D eigenvalue weighted by atomic mass is 32.2. The predicted octanol–water partition coefficient (Wildman–Crippen LogP) is 1.72. The Morgan fingerprint density at radius 3 is 2.42 bits per heavy atom. The van der Waals surface area contributed by atoms with Crippen LogP contribution in [0.15, 0.2) is 17.2 Å². The van der Waals surface area contributed by atoms with E-state index in [4.69, 9.17) is 0 Å². The number of carbonyl (C=O) groups is 2. The van der Waals surface area contributed by atoms with Crippen molar-refractivity contribution in [3.63, 3.8) is 0 Å². The van der Waals surface area contributed by atoms with Crippen molar-refractivity contribution in [1.82, 2.24) is 5.01 Å². The number of sulfone groups is 1. The lowest BCUT2D eigenvalue weighted by molar-refractivity contribution is -0.133. The zero-order valence-corrected chi connectivity index (χ0v) is 16.0. The Kier molecular flexibility index (Phi) is 4.88. The van der Waals surface area contributed by atoms with Gasteiger partial charge in [-0.25, -0.2) is 13.4 Å². The summed E-state index contributed by atoms with van der Waals surface area (Å²) in [6, 6.07) is 3.51. The number of nitrogens with one attached hydrogen (secondary N) is 1. The van der Waals surface area contributed by atoms with Gasteiger partial charge < -0.3 is 5.32 Å². The van der Waals surface area contributed by atoms with Gasteiger partial charge in [0.05, 0.1) is 17.5 Å². The van der Waals surface area contributed by atoms with Crippen molar-refractivity contribution >= 4 is 33.1 Å². The highest BCUT2D eigenvalue weighted by Crippen LogP contribution is 2.24. The maximum absolute atomic E-state index is 12.7. The minimum absolute atomic E-state index is 0.0558. The van der Waals surface area contributed by atoms with Gasteiger partial charge in [-0.1, -0.05) is 17.7 Å². The second kappa shape index (κ2) is 6.83. The molecule has 0 spiro atoms. The molecule has 1 atom stereocenters. The summed E-state index contributed by atoms with van der Waals surface area (Å²) < 4.78 is 23.4. The van der Waals surface area contributed by atoms with E-state index in [0.29, 0.717) is 6.42 Å². The summed E-state index contributed by atoms with van der Waals surface area (Å²) in [7, 11) is -3.13. The van der Waals surface area contributed by atoms with Gasteiger partial charge >= 0.3 is 0 Å². The zero-order valence-electron chi connectivity index (χ0n) is 15.2. The molecule has 0 bridgehead atoms. The van der Waals surface area contributed by atoms with Crippen LogP contribution in [0.3, 0.4) is 0 Å². The molecule has 3 rings (SSSR count). The third kappa shape index (κ3) is 3.80. The molecule has 2 amide bonds. The van der Waals surface area contributed by atoms with E-state index in [0.717, 1.165) is 22.4 Å². The molecule has 1 N–H and O–H groups in total. The summed E-state index contributed by atoms with van der Waals surface area (Å²) in [6.45, 7) is 5.85. The van der Waals surface area contributed by atoms with Crippen molar-refractivity contribution in [3.05, 3.63) is 28.8 Å². The first-order valence-corrected chi connectivity index (χ1v) is 10.5. The summed E-state index contributed by atoms with van der Waals surface area (Å²) in [6.07, 6.45) is 0.780. The van der Waals surface area contributed by atoms with Gasteiger partial charge in [0.1, 0.15) is 5.71 Å². The SMILES string of the molecule is Cc1cc(C)c(NC(=O)C2=NN([C@@H]3CCS(=O)(=O)C3)C(=O)CC2)c(C)c1. The summed E-state index contributed by atoms with van der Waals surface area (Å²) in [4.78, 5) is 24.8. The molecule has 1 fully saturated rings. The monoisotopic (exact) mass is 377 g/mol. The Balaban J connectivity index is 1.81. The fraction of sp³-hybridized carbons (Fsp3) is 0.500. The van der Waals surface area contributed by atoms with Crippen molar-refractivity contribution in [1.29, 1.82) is 0 Å². The number of benzene rings is 1. The van der Waals surface area contributed by atoms with Crippen LogP contribution < -0.4 is 5.32 Å². The highest BCUT2D eigenvalue weighted by molar-refractivity contribution is 7.91. The van der Waals surface area contributed by atoms with Crippen molar-refractivity contribution in [2.75, 3.05) is 16.8 Å². The Morgan fingerprint density at radius 1 is 1.19 bits per heavy atom. The van der Waals surface area contributed by atoms with Crippen LogP contribution in [0.5, 0.6) is 0 Å². The van der Waals surface area contributed by atoms with E-state index >= 15 is 0 Å². The zero-order chi connectivity index (χ0) is 19.1. The average Bonchev–Trinajstić information content (AvgIpc) is 2.91. The standard InChI is InChI=1S/C18H23N3O4S/c1-11-8-12(2)17(13(3)9-11)19-18(23)15-4-5-16(22)21(20-15)14-6-7-26(24,25)10-14/h8-9,14H,4-7,10H2,1-3H3,(H,19,23)/t14-/m1/s1. The molecule has 0 aliphatic carbocycles. The van der Waals surface area contributed by atoms with E-state index in [1.54, 1.807) is 0 Å². The average molecular weight is 377 g/mol. The Hall–Kier alpha value is -2.22. The van der Waals surface area contributed by atoms with Crippen molar-refractivity contribution in [3.8, 4) is 0 Å². The van der Waals surface area contributed by atoms with E-state index in [-0.39, 0.29) is 41.9 Å². The van der Waals surface area contributed by atoms with Crippen LogP contribution in [0.1, 0.15) is 36.0 Å². The minimum Gasteiger partial charge on any atom is -0.320 e. The highest BCUT2D eigenvalue weighted by Gasteiger charge is 2.37. The number of amides is 2. The molecule has 7 nitrogen and oxygen atoms in total. The smallest absolute Gasteiger partial charge is 0.271 e. The largest absolute Gasteiger partial charge is 0.320 e. The third-order valence-corrected chi connectivity index (χ3v) is 6.54. The van der Waals surface area contributed by atoms with Crippen LogP contribution in [0.25, 0.3) is 0 Å². The Morgan fingerprint density at radius 2 is 1.85 bits per heavy atom. The molecular formula is C18H23N3O4S. The molecule has 0 radical (unpaired) electrons. The van der Waals surface area contributed by atoms with Crippen LogP contribution >= 0.6 is 0 Å². The maximum atomic E-state index is 12.7. The van der Waals surface area contributed by atoms with Gasteiger partial charge in [0, 0.05) is 18.5 Å². The van der Waals surface area contributed by atoms with E-state index in [2.05, 4.69) is 10.4 Å². The first-order chi connectivity index (χ1) is 12.2. The second-order valence-electron chi connectivity index (χ2n) is 7.07. The molecule has 2 heterocycles. The van der Waals surface area contributed by atoms with Crippen molar-refractivity contribution in [2.24, 2.45) is 5.10 Å². The molecule has 2 aliphatic heterocycles. The van der Waals surface area contributed by atoms with Crippen LogP contribution in [0.2, 0.25) is 0 Å². The van der Waals surface area contributed by atoms with Crippen LogP contribution in [0.4, 0.5) is 5.69 Å². The molecule has 0 saturated carbocycles. The fourth-order valence-corrected chi connectivity index (χ4v) is 5.24. The van der Waals surface area contributed by atoms with E-state index in [1.165, 1.54) is 5.01 Å². The van der Waals surface area contributed by atoms with Gasteiger partial charge in [0.15, 0.2) is 9.84 Å². The van der Waals surface area contributed by atoms with E-state index < -0.39 is 15.9 Å². The lowest BCUT2D eigenvalue weighted by atomic mass is 10.0. The van der Waals surface area contributed by atoms with Crippen LogP contribution in [0, 0.1) is 20.8 Å². The Bertz CT molecular complexity index is 882. The molecule has 8 heteroatoms. The predicted molar refractivity (Wildman–Crippen MR) is 99.9 cm³/mol. The molecule has 1 saturated heterocycles. The summed E-state index contributed by atoms with van der Waals surface area (Å²) in [5, 5.41) is 8.31.